The second-order valence-electron chi connectivity index (χ2n) is 7.46. The minimum atomic E-state index is -1.09. The van der Waals surface area contributed by atoms with E-state index in [9.17, 15) is 13.6 Å². The lowest BCUT2D eigenvalue weighted by molar-refractivity contribution is -0.118. The summed E-state index contributed by atoms with van der Waals surface area (Å²) in [6.45, 7) is 8.64. The number of aliphatic imine (C=N–C) groups is 1. The van der Waals surface area contributed by atoms with Gasteiger partial charge in [-0.25, -0.2) is 13.6 Å². The highest BCUT2D eigenvalue weighted by Gasteiger charge is 2.70. The predicted octanol–water partition coefficient (Wildman–Crippen LogP) is 3.76. The van der Waals surface area contributed by atoms with Crippen LogP contribution in [-0.2, 0) is 10.3 Å². The Balaban J connectivity index is 1.73. The molecule has 1 aromatic heterocycles. The maximum absolute atomic E-state index is 14.8. The summed E-state index contributed by atoms with van der Waals surface area (Å²) in [7, 11) is 0. The Morgan fingerprint density at radius 1 is 1.40 bits per heavy atom. The van der Waals surface area contributed by atoms with Crippen LogP contribution in [0.2, 0.25) is 0 Å². The van der Waals surface area contributed by atoms with Crippen LogP contribution in [0.4, 0.5) is 14.5 Å². The number of thioether (sulfide) groups is 1. The van der Waals surface area contributed by atoms with E-state index in [-0.39, 0.29) is 22.3 Å². The van der Waals surface area contributed by atoms with Gasteiger partial charge in [0.2, 0.25) is 11.6 Å². The molecule has 6 nitrogen and oxygen atoms in total. The van der Waals surface area contributed by atoms with E-state index in [0.29, 0.717) is 17.7 Å². The molecule has 4 N–H and O–H groups in total. The van der Waals surface area contributed by atoms with Gasteiger partial charge in [0.1, 0.15) is 16.4 Å². The molecule has 2 aromatic rings. The molecule has 1 saturated carbocycles. The first-order valence-corrected chi connectivity index (χ1v) is 9.86. The van der Waals surface area contributed by atoms with Crippen molar-refractivity contribution in [1.82, 2.24) is 4.98 Å². The van der Waals surface area contributed by atoms with E-state index in [1.165, 1.54) is 42.6 Å². The van der Waals surface area contributed by atoms with Gasteiger partial charge in [0, 0.05) is 17.7 Å². The molecule has 1 aromatic carbocycles. The van der Waals surface area contributed by atoms with Gasteiger partial charge < -0.3 is 11.5 Å². The second-order valence-corrected chi connectivity index (χ2v) is 8.81. The number of carbonyl (C=O) groups excluding carboxylic acids is 1. The molecule has 0 spiro atoms. The highest BCUT2D eigenvalue weighted by molar-refractivity contribution is 8.15. The zero-order valence-electron chi connectivity index (χ0n) is 15.9. The number of benzene rings is 1. The molecule has 2 heterocycles. The number of carbonyl (C=O) groups is 1. The Morgan fingerprint density at radius 2 is 2.17 bits per heavy atom. The van der Waals surface area contributed by atoms with Crippen LogP contribution in [0.1, 0.15) is 30.2 Å². The number of hydrogen-bond acceptors (Lipinski definition) is 5. The van der Waals surface area contributed by atoms with Gasteiger partial charge in [-0.05, 0) is 43.2 Å². The maximum atomic E-state index is 14.8. The first-order valence-electron chi connectivity index (χ1n) is 9.05. The van der Waals surface area contributed by atoms with Gasteiger partial charge in [-0.15, -0.1) is 0 Å². The average Bonchev–Trinajstić information content (AvgIpc) is 3.46. The summed E-state index contributed by atoms with van der Waals surface area (Å²) in [6.07, 6.45) is 2.95. The number of amidine groups is 1. The van der Waals surface area contributed by atoms with Crippen molar-refractivity contribution in [2.75, 3.05) is 0 Å². The van der Waals surface area contributed by atoms with Gasteiger partial charge in [0.25, 0.3) is 0 Å². The minimum absolute atomic E-state index is 0.0609. The van der Waals surface area contributed by atoms with Crippen LogP contribution < -0.4 is 11.5 Å². The molecule has 0 radical (unpaired) electrons. The van der Waals surface area contributed by atoms with Crippen molar-refractivity contribution < 1.29 is 13.6 Å². The summed E-state index contributed by atoms with van der Waals surface area (Å²) in [5.74, 6) is -1.96. The van der Waals surface area contributed by atoms with Crippen molar-refractivity contribution >= 4 is 40.4 Å². The molecule has 30 heavy (non-hydrogen) atoms. The third-order valence-electron chi connectivity index (χ3n) is 5.59. The molecule has 0 unspecified atom stereocenters. The van der Waals surface area contributed by atoms with Crippen LogP contribution in [0, 0.1) is 18.3 Å². The SMILES string of the molecule is [C-]#[N+]c1ccc(/C(F)=C/c2ccc(F)c([C@@]3(C)N=C(N)S[C@@]4(C(N)=O)C[C@H]43)c2)nc1. The van der Waals surface area contributed by atoms with Crippen molar-refractivity contribution in [2.45, 2.75) is 23.6 Å². The van der Waals surface area contributed by atoms with Crippen LogP contribution in [0.25, 0.3) is 16.7 Å². The average molecular weight is 425 g/mol. The number of fused-ring (bicyclic) bond motifs is 1. The fourth-order valence-electron chi connectivity index (χ4n) is 3.93. The monoisotopic (exact) mass is 425 g/mol. The van der Waals surface area contributed by atoms with Crippen LogP contribution in [0.3, 0.4) is 0 Å². The Hall–Kier alpha value is -3.25. The van der Waals surface area contributed by atoms with Gasteiger partial charge >= 0.3 is 0 Å². The molecule has 152 valence electrons. The van der Waals surface area contributed by atoms with Crippen molar-refractivity contribution in [1.29, 1.82) is 0 Å². The number of nitrogens with zero attached hydrogens (tertiary/aromatic N) is 3. The van der Waals surface area contributed by atoms with Crippen LogP contribution in [0.5, 0.6) is 0 Å². The smallest absolute Gasteiger partial charge is 0.234 e. The number of primary amides is 1. The number of halogens is 2. The Kier molecular flexibility index (Phi) is 4.62. The highest BCUT2D eigenvalue weighted by Crippen LogP contribution is 2.65. The van der Waals surface area contributed by atoms with Gasteiger partial charge in [0.05, 0.1) is 17.8 Å². The van der Waals surface area contributed by atoms with E-state index in [1.807, 2.05) is 0 Å². The van der Waals surface area contributed by atoms with E-state index >= 15 is 0 Å². The Morgan fingerprint density at radius 3 is 2.80 bits per heavy atom. The van der Waals surface area contributed by atoms with Gasteiger partial charge in [-0.3, -0.25) is 14.8 Å². The minimum Gasteiger partial charge on any atom is -0.378 e. The van der Waals surface area contributed by atoms with Crippen molar-refractivity contribution in [3.63, 3.8) is 0 Å². The normalized spacial score (nSPS) is 27.6. The predicted molar refractivity (Wildman–Crippen MR) is 112 cm³/mol. The Labute approximate surface area is 175 Å². The topological polar surface area (TPSA) is 98.7 Å². The third-order valence-corrected chi connectivity index (χ3v) is 6.90. The molecule has 0 bridgehead atoms. The van der Waals surface area contributed by atoms with Crippen molar-refractivity contribution in [3.05, 3.63) is 70.6 Å². The molecule has 3 atom stereocenters. The van der Waals surface area contributed by atoms with Gasteiger partial charge in [0.15, 0.2) is 5.17 Å². The summed E-state index contributed by atoms with van der Waals surface area (Å²) < 4.78 is 28.6. The first kappa shape index (κ1) is 20.0. The summed E-state index contributed by atoms with van der Waals surface area (Å²) in [5, 5.41) is 0.167. The molecule has 4 rings (SSSR count). The van der Waals surface area contributed by atoms with E-state index < -0.39 is 27.8 Å². The van der Waals surface area contributed by atoms with E-state index in [0.717, 1.165) is 11.8 Å². The van der Waals surface area contributed by atoms with E-state index in [1.54, 1.807) is 6.92 Å². The first-order chi connectivity index (χ1) is 14.2. The molecule has 2 aliphatic rings. The van der Waals surface area contributed by atoms with Gasteiger partial charge in [-0.1, -0.05) is 23.9 Å². The summed E-state index contributed by atoms with van der Waals surface area (Å²) in [6, 6.07) is 7.04. The Bertz CT molecular complexity index is 1160. The lowest BCUT2D eigenvalue weighted by atomic mass is 9.84. The summed E-state index contributed by atoms with van der Waals surface area (Å²) in [5.41, 5.74) is 11.4. The molecule has 0 saturated heterocycles. The largest absolute Gasteiger partial charge is 0.378 e. The molecular weight excluding hydrogens is 408 g/mol. The quantitative estimate of drug-likeness (QED) is 0.729. The lowest BCUT2D eigenvalue weighted by Gasteiger charge is -2.33. The molecule has 1 amide bonds. The van der Waals surface area contributed by atoms with Crippen molar-refractivity contribution in [2.24, 2.45) is 22.4 Å². The number of pyridine rings is 1. The van der Waals surface area contributed by atoms with Crippen LogP contribution in [0.15, 0.2) is 41.5 Å². The summed E-state index contributed by atoms with van der Waals surface area (Å²) in [4.78, 5) is 23.6. The zero-order chi connectivity index (χ0) is 21.7. The molecule has 1 aliphatic carbocycles. The van der Waals surface area contributed by atoms with Gasteiger partial charge in [-0.2, -0.15) is 0 Å². The van der Waals surface area contributed by atoms with E-state index in [4.69, 9.17) is 18.0 Å². The van der Waals surface area contributed by atoms with E-state index in [2.05, 4.69) is 14.8 Å². The molecule has 1 fully saturated rings. The molecule has 9 heteroatoms. The molecular formula is C21H17F2N5OS. The number of nitrogens with two attached hydrogens (primary N) is 2. The third kappa shape index (κ3) is 3.13. The number of aromatic nitrogens is 1. The second kappa shape index (κ2) is 6.92. The maximum Gasteiger partial charge on any atom is 0.234 e. The fraction of sp³-hybridized carbons (Fsp3) is 0.238. The number of amides is 1. The standard InChI is InChI=1S/C21H17F2N5OS/c1-20(17-9-21(17,18(24)29)30-19(25)28-20)13-7-11(3-5-14(13)22)8-15(23)16-6-4-12(26-2)10-27-16/h3-8,10,17H,9H2,1H3,(H2,24,29)(H2,25,28)/b15-8-/t17-,20+,21-/m0/s1. The highest BCUT2D eigenvalue weighted by atomic mass is 32.2. The summed E-state index contributed by atoms with van der Waals surface area (Å²) >= 11 is 1.12. The lowest BCUT2D eigenvalue weighted by Crippen LogP contribution is -2.42. The number of hydrogen-bond donors (Lipinski definition) is 2. The fourth-order valence-corrected chi connectivity index (χ4v) is 5.26. The van der Waals surface area contributed by atoms with Crippen LogP contribution in [-0.4, -0.2) is 20.8 Å². The van der Waals surface area contributed by atoms with Crippen molar-refractivity contribution in [3.8, 4) is 0 Å². The zero-order valence-corrected chi connectivity index (χ0v) is 16.7. The van der Waals surface area contributed by atoms with Crippen LogP contribution >= 0.6 is 11.8 Å². The number of rotatable bonds is 4. The molecule has 1 aliphatic heterocycles.